The van der Waals surface area contributed by atoms with Crippen LogP contribution in [0.5, 0.6) is 17.2 Å². The van der Waals surface area contributed by atoms with Crippen molar-refractivity contribution in [1.29, 1.82) is 0 Å². The zero-order valence-corrected chi connectivity index (χ0v) is 32.6. The number of nitroso groups, excluding NO2 is 1. The normalized spacial score (nSPS) is 21.4. The SMILES string of the molecule is COc1ccc(C2(c3ccc(OCCN=O)cc3)C=Cc3c4c(c5cc(N6CCOCC6)ccc5c3O2)-c2ccccc2C42CC(C)(C)CC(C)(C)C2)cc1. The van der Waals surface area contributed by atoms with Crippen LogP contribution in [0.15, 0.2) is 102 Å². The molecule has 0 aromatic heterocycles. The van der Waals surface area contributed by atoms with Crippen molar-refractivity contribution in [3.05, 3.63) is 130 Å². The van der Waals surface area contributed by atoms with Crippen molar-refractivity contribution < 1.29 is 18.9 Å². The quantitative estimate of drug-likeness (QED) is 0.117. The molecule has 2 fully saturated rings. The van der Waals surface area contributed by atoms with Gasteiger partial charge in [0.15, 0.2) is 5.60 Å². The maximum atomic E-state index is 10.7. The van der Waals surface area contributed by atoms with E-state index in [0.29, 0.717) is 5.75 Å². The molecule has 2 aliphatic heterocycles. The van der Waals surface area contributed by atoms with Gasteiger partial charge in [0.2, 0.25) is 0 Å². The second kappa shape index (κ2) is 13.3. The number of benzene rings is 5. The highest BCUT2D eigenvalue weighted by Crippen LogP contribution is 2.67. The van der Waals surface area contributed by atoms with Crippen molar-refractivity contribution in [2.45, 2.75) is 58.0 Å². The highest BCUT2D eigenvalue weighted by atomic mass is 16.5. The maximum Gasteiger partial charge on any atom is 0.178 e. The predicted molar refractivity (Wildman–Crippen MR) is 221 cm³/mol. The topological polar surface area (TPSA) is 69.6 Å². The molecule has 1 saturated heterocycles. The Bertz CT molecular complexity index is 2290. The molecule has 7 nitrogen and oxygen atoms in total. The molecule has 1 atom stereocenters. The van der Waals surface area contributed by atoms with E-state index in [9.17, 15) is 4.91 Å². The Labute approximate surface area is 324 Å². The van der Waals surface area contributed by atoms with E-state index in [2.05, 4.69) is 117 Å². The van der Waals surface area contributed by atoms with Crippen LogP contribution in [0.4, 0.5) is 5.69 Å². The summed E-state index contributed by atoms with van der Waals surface area (Å²) in [5.41, 5.74) is 9.03. The first kappa shape index (κ1) is 35.6. The third-order valence-corrected chi connectivity index (χ3v) is 12.4. The lowest BCUT2D eigenvalue weighted by atomic mass is 9.52. The smallest absolute Gasteiger partial charge is 0.178 e. The first-order chi connectivity index (χ1) is 26.6. The van der Waals surface area contributed by atoms with Gasteiger partial charge in [0, 0.05) is 46.3 Å². The fraction of sp³-hybridized carbons (Fsp3) is 0.375. The molecule has 2 aliphatic carbocycles. The Morgan fingerprint density at radius 1 is 0.782 bits per heavy atom. The minimum absolute atomic E-state index is 0.102. The molecule has 5 aromatic rings. The monoisotopic (exact) mass is 734 g/mol. The van der Waals surface area contributed by atoms with E-state index in [4.69, 9.17) is 18.9 Å². The van der Waals surface area contributed by atoms with Crippen LogP contribution in [0.25, 0.3) is 28.0 Å². The van der Waals surface area contributed by atoms with Gasteiger partial charge in [0.1, 0.15) is 30.4 Å². The number of hydrogen-bond acceptors (Lipinski definition) is 7. The maximum absolute atomic E-state index is 10.7. The van der Waals surface area contributed by atoms with Crippen molar-refractivity contribution in [2.24, 2.45) is 16.0 Å². The van der Waals surface area contributed by atoms with Gasteiger partial charge < -0.3 is 23.8 Å². The summed E-state index contributed by atoms with van der Waals surface area (Å²) < 4.78 is 24.9. The summed E-state index contributed by atoms with van der Waals surface area (Å²) in [6.45, 7) is 13.4. The predicted octanol–water partition coefficient (Wildman–Crippen LogP) is 10.7. The van der Waals surface area contributed by atoms with Gasteiger partial charge in [-0.25, -0.2) is 0 Å². The average molecular weight is 735 g/mol. The summed E-state index contributed by atoms with van der Waals surface area (Å²) in [5.74, 6) is 2.37. The molecule has 1 unspecified atom stereocenters. The van der Waals surface area contributed by atoms with Crippen molar-refractivity contribution in [1.82, 2.24) is 0 Å². The lowest BCUT2D eigenvalue weighted by Gasteiger charge is -2.52. The van der Waals surface area contributed by atoms with Crippen molar-refractivity contribution >= 4 is 22.5 Å². The van der Waals surface area contributed by atoms with E-state index in [0.717, 1.165) is 67.2 Å². The Morgan fingerprint density at radius 2 is 1.45 bits per heavy atom. The third kappa shape index (κ3) is 5.90. The Balaban J connectivity index is 1.31. The molecule has 0 radical (unpaired) electrons. The van der Waals surface area contributed by atoms with E-state index in [1.54, 1.807) is 7.11 Å². The Kier molecular flexibility index (Phi) is 8.57. The summed E-state index contributed by atoms with van der Waals surface area (Å²) in [7, 11) is 1.69. The van der Waals surface area contributed by atoms with Crippen molar-refractivity contribution in [2.75, 3.05) is 51.5 Å². The zero-order chi connectivity index (χ0) is 38.0. The standard InChI is InChI=1S/C48H50N2O5/c1-45(2)29-46(3,4)31-47(30-45)41-9-7-6-8-38(41)42-40-28-34(50-23-26-53-27-24-50)14-19-37(40)44-39(43(42)47)20-21-48(55-44,32-10-15-35(52-5)16-11-32)33-12-17-36(18-13-33)54-25-22-49-51/h6-21,28H,22-27,29-31H2,1-5H3. The molecule has 0 amide bonds. The summed E-state index contributed by atoms with van der Waals surface area (Å²) in [5, 5.41) is 5.29. The molecule has 1 saturated carbocycles. The van der Waals surface area contributed by atoms with Crippen LogP contribution >= 0.6 is 0 Å². The Hall–Kier alpha value is -5.14. The van der Waals surface area contributed by atoms with Crippen molar-refractivity contribution in [3.8, 4) is 28.4 Å². The molecule has 7 heteroatoms. The summed E-state index contributed by atoms with van der Waals surface area (Å²) in [6.07, 6.45) is 7.92. The van der Waals surface area contributed by atoms with E-state index in [1.165, 1.54) is 45.3 Å². The van der Waals surface area contributed by atoms with Gasteiger partial charge in [-0.05, 0) is 106 Å². The molecule has 0 N–H and O–H groups in total. The number of anilines is 1. The number of hydrogen-bond donors (Lipinski definition) is 0. The average Bonchev–Trinajstić information content (AvgIpc) is 3.45. The molecule has 282 valence electrons. The third-order valence-electron chi connectivity index (χ3n) is 12.4. The lowest BCUT2D eigenvalue weighted by molar-refractivity contribution is 0.0642. The fourth-order valence-corrected chi connectivity index (χ4v) is 11.0. The molecular formula is C48H50N2O5. The molecule has 1 spiro atoms. The van der Waals surface area contributed by atoms with E-state index >= 15 is 0 Å². The summed E-state index contributed by atoms with van der Waals surface area (Å²) in [4.78, 5) is 13.2. The van der Waals surface area contributed by atoms with E-state index in [-0.39, 0.29) is 29.4 Å². The van der Waals surface area contributed by atoms with Gasteiger partial charge >= 0.3 is 0 Å². The number of morpholine rings is 1. The second-order valence-electron chi connectivity index (χ2n) is 17.4. The van der Waals surface area contributed by atoms with Crippen LogP contribution in [0.2, 0.25) is 0 Å². The molecule has 5 aromatic carbocycles. The van der Waals surface area contributed by atoms with Crippen LogP contribution < -0.4 is 19.1 Å². The number of fused-ring (bicyclic) bond motifs is 10. The largest absolute Gasteiger partial charge is 0.497 e. The number of methoxy groups -OCH3 is 1. The number of rotatable bonds is 8. The lowest BCUT2D eigenvalue weighted by Crippen LogP contribution is -2.44. The molecule has 4 aliphatic rings. The Morgan fingerprint density at radius 3 is 2.13 bits per heavy atom. The molecule has 0 bridgehead atoms. The van der Waals surface area contributed by atoms with Gasteiger partial charge in [-0.3, -0.25) is 0 Å². The van der Waals surface area contributed by atoms with Crippen LogP contribution in [0, 0.1) is 15.7 Å². The molecule has 55 heavy (non-hydrogen) atoms. The highest BCUT2D eigenvalue weighted by Gasteiger charge is 2.55. The minimum Gasteiger partial charge on any atom is -0.497 e. The van der Waals surface area contributed by atoms with Crippen LogP contribution in [0.3, 0.4) is 0 Å². The first-order valence-corrected chi connectivity index (χ1v) is 19.7. The highest BCUT2D eigenvalue weighted by molar-refractivity contribution is 6.09. The van der Waals surface area contributed by atoms with Crippen LogP contribution in [-0.2, 0) is 15.8 Å². The fourth-order valence-electron chi connectivity index (χ4n) is 11.0. The second-order valence-corrected chi connectivity index (χ2v) is 17.4. The van der Waals surface area contributed by atoms with Gasteiger partial charge in [-0.2, -0.15) is 4.91 Å². The molecule has 9 rings (SSSR count). The van der Waals surface area contributed by atoms with Gasteiger partial charge in [-0.15, -0.1) is 0 Å². The van der Waals surface area contributed by atoms with Crippen LogP contribution in [0.1, 0.15) is 74.8 Å². The first-order valence-electron chi connectivity index (χ1n) is 19.7. The minimum atomic E-state index is -0.948. The molecule has 2 heterocycles. The zero-order valence-electron chi connectivity index (χ0n) is 32.6. The summed E-state index contributed by atoms with van der Waals surface area (Å²) in [6, 6.07) is 32.4. The number of nitrogens with zero attached hydrogens (tertiary/aromatic N) is 2. The van der Waals surface area contributed by atoms with E-state index in [1.807, 2.05) is 24.3 Å². The van der Waals surface area contributed by atoms with Gasteiger partial charge in [0.05, 0.1) is 20.3 Å². The molecular weight excluding hydrogens is 685 g/mol. The van der Waals surface area contributed by atoms with Gasteiger partial charge in [0.25, 0.3) is 0 Å². The van der Waals surface area contributed by atoms with E-state index < -0.39 is 5.60 Å². The summed E-state index contributed by atoms with van der Waals surface area (Å²) >= 11 is 0. The van der Waals surface area contributed by atoms with Crippen LogP contribution in [-0.4, -0.2) is 46.6 Å². The van der Waals surface area contributed by atoms with Crippen molar-refractivity contribution in [3.63, 3.8) is 0 Å². The number of ether oxygens (including phenoxy) is 4. The van der Waals surface area contributed by atoms with Gasteiger partial charge in [-0.1, -0.05) is 87.5 Å².